The molecule has 0 aliphatic carbocycles. The molecule has 0 aromatic carbocycles. The average molecular weight is 276 g/mol. The number of aromatic amines is 1. The van der Waals surface area contributed by atoms with Gasteiger partial charge in [-0.3, -0.25) is 4.79 Å². The minimum absolute atomic E-state index is 0.0971. The molecular weight excluding hydrogens is 256 g/mol. The summed E-state index contributed by atoms with van der Waals surface area (Å²) in [6.45, 7) is 3.82. The number of aliphatic hydroxyl groups excluding tert-OH is 1. The summed E-state index contributed by atoms with van der Waals surface area (Å²) in [5, 5.41) is 13.1. The van der Waals surface area contributed by atoms with E-state index in [1.807, 2.05) is 6.92 Å². The van der Waals surface area contributed by atoms with Crippen LogP contribution in [0.5, 0.6) is 0 Å². The molecule has 0 spiro atoms. The second-order valence-corrected chi connectivity index (χ2v) is 5.24. The molecule has 2 aromatic heterocycles. The number of carbonyl (C=O) groups is 1. The lowest BCUT2D eigenvalue weighted by Gasteiger charge is -2.28. The summed E-state index contributed by atoms with van der Waals surface area (Å²) in [6, 6.07) is 1.77. The topological polar surface area (TPSA) is 90.9 Å². The zero-order valence-electron chi connectivity index (χ0n) is 11.8. The maximum absolute atomic E-state index is 12.4. The molecule has 2 aromatic rings. The quantitative estimate of drug-likeness (QED) is 0.748. The van der Waals surface area contributed by atoms with E-state index >= 15 is 0 Å². The van der Waals surface area contributed by atoms with Crippen LogP contribution in [0.25, 0.3) is 11.0 Å². The number of H-pyrrole nitrogens is 1. The van der Waals surface area contributed by atoms with Gasteiger partial charge >= 0.3 is 0 Å². The fraction of sp³-hybridized carbons (Fsp3) is 0.500. The molecule has 6 nitrogen and oxygen atoms in total. The molecule has 2 rings (SSSR count). The van der Waals surface area contributed by atoms with E-state index in [0.717, 1.165) is 19.3 Å². The Labute approximate surface area is 117 Å². The van der Waals surface area contributed by atoms with E-state index in [1.54, 1.807) is 12.3 Å². The number of aliphatic hydroxyl groups is 1. The number of amides is 1. The average Bonchev–Trinajstić information content (AvgIpc) is 2.93. The Morgan fingerprint density at radius 3 is 3.00 bits per heavy atom. The Morgan fingerprint density at radius 1 is 1.50 bits per heavy atom. The second-order valence-electron chi connectivity index (χ2n) is 5.24. The van der Waals surface area contributed by atoms with Crippen molar-refractivity contribution in [2.45, 2.75) is 38.6 Å². The fourth-order valence-corrected chi connectivity index (χ4v) is 2.13. The first-order valence-corrected chi connectivity index (χ1v) is 6.81. The first kappa shape index (κ1) is 14.5. The minimum atomic E-state index is -0.624. The zero-order chi connectivity index (χ0) is 14.6. The van der Waals surface area contributed by atoms with Crippen LogP contribution >= 0.6 is 0 Å². The Balaban J connectivity index is 2.20. The van der Waals surface area contributed by atoms with Crippen molar-refractivity contribution in [1.82, 2.24) is 20.3 Å². The third-order valence-corrected chi connectivity index (χ3v) is 3.42. The van der Waals surface area contributed by atoms with Crippen molar-refractivity contribution in [2.24, 2.45) is 0 Å². The summed E-state index contributed by atoms with van der Waals surface area (Å²) < 4.78 is 0. The smallest absolute Gasteiger partial charge is 0.271 e. The molecule has 0 aliphatic heterocycles. The highest BCUT2D eigenvalue weighted by Crippen LogP contribution is 2.17. The summed E-state index contributed by atoms with van der Waals surface area (Å²) in [6.07, 6.45) is 5.77. The van der Waals surface area contributed by atoms with Gasteiger partial charge in [-0.2, -0.15) is 0 Å². The molecule has 108 valence electrons. The molecular formula is C14H20N4O2. The number of fused-ring (bicyclic) bond motifs is 1. The monoisotopic (exact) mass is 276 g/mol. The van der Waals surface area contributed by atoms with Crippen LogP contribution in [0.3, 0.4) is 0 Å². The largest absolute Gasteiger partial charge is 0.394 e. The van der Waals surface area contributed by atoms with E-state index in [2.05, 4.69) is 27.2 Å². The normalized spacial score (nSPS) is 14.2. The third kappa shape index (κ3) is 2.96. The maximum Gasteiger partial charge on any atom is 0.271 e. The highest BCUT2D eigenvalue weighted by molar-refractivity contribution is 6.03. The molecule has 0 fully saturated rings. The van der Waals surface area contributed by atoms with E-state index in [4.69, 9.17) is 0 Å². The van der Waals surface area contributed by atoms with Crippen LogP contribution in [-0.4, -0.2) is 38.1 Å². The summed E-state index contributed by atoms with van der Waals surface area (Å²) in [7, 11) is 0. The molecule has 1 amide bonds. The van der Waals surface area contributed by atoms with Gasteiger partial charge in [0.05, 0.1) is 17.5 Å². The number of carbonyl (C=O) groups excluding carboxylic acids is 1. The molecule has 0 bridgehead atoms. The number of hydrogen-bond donors (Lipinski definition) is 3. The first-order chi connectivity index (χ1) is 9.59. The van der Waals surface area contributed by atoms with Crippen molar-refractivity contribution in [3.8, 4) is 0 Å². The highest BCUT2D eigenvalue weighted by Gasteiger charge is 2.26. The van der Waals surface area contributed by atoms with E-state index in [-0.39, 0.29) is 12.5 Å². The van der Waals surface area contributed by atoms with Gasteiger partial charge in [0, 0.05) is 6.20 Å². The Hall–Kier alpha value is -1.95. The maximum atomic E-state index is 12.4. The lowest BCUT2D eigenvalue weighted by molar-refractivity contribution is 0.0835. The first-order valence-electron chi connectivity index (χ1n) is 6.81. The van der Waals surface area contributed by atoms with Crippen molar-refractivity contribution in [3.63, 3.8) is 0 Å². The van der Waals surface area contributed by atoms with Crippen LogP contribution in [0.1, 0.15) is 43.6 Å². The van der Waals surface area contributed by atoms with Gasteiger partial charge in [-0.1, -0.05) is 19.8 Å². The van der Waals surface area contributed by atoms with Gasteiger partial charge < -0.3 is 15.4 Å². The van der Waals surface area contributed by atoms with Crippen molar-refractivity contribution in [3.05, 3.63) is 24.3 Å². The molecule has 0 radical (unpaired) electrons. The molecule has 0 aliphatic rings. The summed E-state index contributed by atoms with van der Waals surface area (Å²) in [4.78, 5) is 23.4. The number of hydrogen-bond acceptors (Lipinski definition) is 4. The van der Waals surface area contributed by atoms with E-state index in [0.29, 0.717) is 16.7 Å². The standard InChI is InChI=1S/C14H20N4O2/c1-3-4-6-14(2,8-19)18-13(20)11-10-5-7-15-12(10)17-9-16-11/h5,7,9,19H,3-4,6,8H2,1-2H3,(H,18,20)(H,15,16,17). The predicted octanol–water partition coefficient (Wildman–Crippen LogP) is 1.63. The third-order valence-electron chi connectivity index (χ3n) is 3.42. The van der Waals surface area contributed by atoms with Crippen LogP contribution in [0.15, 0.2) is 18.6 Å². The van der Waals surface area contributed by atoms with Crippen LogP contribution in [0, 0.1) is 0 Å². The van der Waals surface area contributed by atoms with E-state index < -0.39 is 5.54 Å². The highest BCUT2D eigenvalue weighted by atomic mass is 16.3. The predicted molar refractivity (Wildman–Crippen MR) is 76.4 cm³/mol. The second kappa shape index (κ2) is 6.00. The van der Waals surface area contributed by atoms with Crippen molar-refractivity contribution < 1.29 is 9.90 Å². The van der Waals surface area contributed by atoms with Crippen LogP contribution in [0.2, 0.25) is 0 Å². The molecule has 6 heteroatoms. The molecule has 1 unspecified atom stereocenters. The lowest BCUT2D eigenvalue weighted by Crippen LogP contribution is -2.49. The van der Waals surface area contributed by atoms with Crippen LogP contribution < -0.4 is 5.32 Å². The Kier molecular flexibility index (Phi) is 4.34. The molecule has 2 heterocycles. The van der Waals surface area contributed by atoms with E-state index in [9.17, 15) is 9.90 Å². The number of aromatic nitrogens is 3. The summed E-state index contributed by atoms with van der Waals surface area (Å²) >= 11 is 0. The van der Waals surface area contributed by atoms with Crippen molar-refractivity contribution in [2.75, 3.05) is 6.61 Å². The van der Waals surface area contributed by atoms with Gasteiger partial charge in [0.1, 0.15) is 17.7 Å². The molecule has 0 saturated heterocycles. The lowest BCUT2D eigenvalue weighted by atomic mass is 9.95. The van der Waals surface area contributed by atoms with Crippen LogP contribution in [-0.2, 0) is 0 Å². The van der Waals surface area contributed by atoms with Gasteiger partial charge in [-0.25, -0.2) is 9.97 Å². The number of unbranched alkanes of at least 4 members (excludes halogenated alkanes) is 1. The molecule has 0 saturated carbocycles. The van der Waals surface area contributed by atoms with Gasteiger partial charge in [0.25, 0.3) is 5.91 Å². The Bertz CT molecular complexity index is 596. The number of nitrogens with one attached hydrogen (secondary N) is 2. The SMILES string of the molecule is CCCCC(C)(CO)NC(=O)c1ncnc2[nH]ccc12. The van der Waals surface area contributed by atoms with Gasteiger partial charge in [0.2, 0.25) is 0 Å². The van der Waals surface area contributed by atoms with Gasteiger partial charge in [-0.15, -0.1) is 0 Å². The molecule has 3 N–H and O–H groups in total. The number of nitrogens with zero attached hydrogens (tertiary/aromatic N) is 2. The van der Waals surface area contributed by atoms with Gasteiger partial charge in [-0.05, 0) is 19.4 Å². The number of rotatable bonds is 6. The summed E-state index contributed by atoms with van der Waals surface area (Å²) in [5.74, 6) is -0.287. The van der Waals surface area contributed by atoms with E-state index in [1.165, 1.54) is 6.33 Å². The minimum Gasteiger partial charge on any atom is -0.394 e. The summed E-state index contributed by atoms with van der Waals surface area (Å²) in [5.41, 5.74) is 0.331. The fourth-order valence-electron chi connectivity index (χ4n) is 2.13. The zero-order valence-corrected chi connectivity index (χ0v) is 11.8. The molecule has 1 atom stereocenters. The van der Waals surface area contributed by atoms with Crippen molar-refractivity contribution >= 4 is 16.9 Å². The van der Waals surface area contributed by atoms with Crippen LogP contribution in [0.4, 0.5) is 0 Å². The Morgan fingerprint density at radius 2 is 2.30 bits per heavy atom. The van der Waals surface area contributed by atoms with Gasteiger partial charge in [0.15, 0.2) is 0 Å². The van der Waals surface area contributed by atoms with Crippen molar-refractivity contribution in [1.29, 1.82) is 0 Å². The molecule has 20 heavy (non-hydrogen) atoms.